The number of halogens is 2. The summed E-state index contributed by atoms with van der Waals surface area (Å²) in [4.78, 5) is 2.37. The van der Waals surface area contributed by atoms with Crippen LogP contribution in [-0.2, 0) is 0 Å². The van der Waals surface area contributed by atoms with Gasteiger partial charge in [0.1, 0.15) is 0 Å². The lowest BCUT2D eigenvalue weighted by Crippen LogP contribution is -2.26. The summed E-state index contributed by atoms with van der Waals surface area (Å²) in [5.74, 6) is 0. The molecule has 1 N–H and O–H groups in total. The first kappa shape index (κ1) is 16.8. The second-order valence-corrected chi connectivity index (χ2v) is 5.58. The van der Waals surface area contributed by atoms with E-state index in [4.69, 9.17) is 23.2 Å². The summed E-state index contributed by atoms with van der Waals surface area (Å²) in [6.45, 7) is 7.37. The van der Waals surface area contributed by atoms with Crippen LogP contribution in [0.5, 0.6) is 0 Å². The summed E-state index contributed by atoms with van der Waals surface area (Å²) in [5.41, 5.74) is 0.834. The summed E-state index contributed by atoms with van der Waals surface area (Å²) >= 11 is 11.8. The fourth-order valence-corrected chi connectivity index (χ4v) is 2.31. The van der Waals surface area contributed by atoms with Crippen molar-refractivity contribution in [3.05, 3.63) is 33.8 Å². The molecule has 19 heavy (non-hydrogen) atoms. The molecule has 0 aliphatic heterocycles. The number of hydrogen-bond donors (Lipinski definition) is 1. The summed E-state index contributed by atoms with van der Waals surface area (Å²) in [7, 11) is 0. The third-order valence-corrected chi connectivity index (χ3v) is 4.06. The molecule has 0 bridgehead atoms. The molecule has 1 atom stereocenters. The highest BCUT2D eigenvalue weighted by Gasteiger charge is 2.11. The van der Waals surface area contributed by atoms with Crippen molar-refractivity contribution in [1.29, 1.82) is 0 Å². The topological polar surface area (TPSA) is 23.5 Å². The highest BCUT2D eigenvalue weighted by atomic mass is 35.5. The Labute approximate surface area is 126 Å². The minimum atomic E-state index is -0.481. The first-order valence-electron chi connectivity index (χ1n) is 6.93. The van der Waals surface area contributed by atoms with Crippen LogP contribution in [-0.4, -0.2) is 29.6 Å². The van der Waals surface area contributed by atoms with E-state index in [9.17, 15) is 5.11 Å². The minimum Gasteiger partial charge on any atom is -0.388 e. The number of unbranched alkanes of at least 4 members (excludes halogenated alkanes) is 1. The molecule has 108 valence electrons. The molecule has 1 rings (SSSR count). The van der Waals surface area contributed by atoms with Gasteiger partial charge in [-0.3, -0.25) is 0 Å². The molecule has 1 aromatic carbocycles. The highest BCUT2D eigenvalue weighted by Crippen LogP contribution is 2.26. The molecule has 0 aromatic heterocycles. The molecular formula is C15H23Cl2NO. The van der Waals surface area contributed by atoms with Crippen molar-refractivity contribution in [2.45, 2.75) is 39.2 Å². The molecule has 0 amide bonds. The van der Waals surface area contributed by atoms with Crippen LogP contribution in [0.3, 0.4) is 0 Å². The number of aliphatic hydroxyl groups excluding tert-OH is 1. The van der Waals surface area contributed by atoms with E-state index in [-0.39, 0.29) is 0 Å². The Kier molecular flexibility index (Phi) is 7.77. The zero-order chi connectivity index (χ0) is 14.3. The molecule has 1 unspecified atom stereocenters. The van der Waals surface area contributed by atoms with E-state index in [1.54, 1.807) is 12.1 Å². The third-order valence-electron chi connectivity index (χ3n) is 3.32. The Balaban J connectivity index is 2.49. The van der Waals surface area contributed by atoms with Gasteiger partial charge in [0.05, 0.1) is 16.1 Å². The quantitative estimate of drug-likeness (QED) is 0.762. The maximum Gasteiger partial charge on any atom is 0.0802 e. The predicted octanol–water partition coefficient (Wildman–Crippen LogP) is 4.54. The minimum absolute atomic E-state index is 0.481. The second kappa shape index (κ2) is 8.80. The SMILES string of the molecule is CCCCN(CC)CCC(O)c1ccc(Cl)c(Cl)c1. The Bertz CT molecular complexity index is 384. The lowest BCUT2D eigenvalue weighted by Gasteiger charge is -2.22. The number of benzene rings is 1. The Morgan fingerprint density at radius 3 is 2.47 bits per heavy atom. The van der Waals surface area contributed by atoms with Crippen LogP contribution in [0.4, 0.5) is 0 Å². The summed E-state index contributed by atoms with van der Waals surface area (Å²) < 4.78 is 0. The van der Waals surface area contributed by atoms with Gasteiger partial charge in [-0.25, -0.2) is 0 Å². The van der Waals surface area contributed by atoms with Gasteiger partial charge in [0.15, 0.2) is 0 Å². The zero-order valence-electron chi connectivity index (χ0n) is 11.7. The average Bonchev–Trinajstić information content (AvgIpc) is 2.41. The van der Waals surface area contributed by atoms with Gasteiger partial charge >= 0.3 is 0 Å². The summed E-state index contributed by atoms with van der Waals surface area (Å²) in [5, 5.41) is 11.2. The normalized spacial score (nSPS) is 12.9. The van der Waals surface area contributed by atoms with Crippen molar-refractivity contribution in [3.63, 3.8) is 0 Å². The number of rotatable bonds is 8. The first-order valence-corrected chi connectivity index (χ1v) is 7.69. The lowest BCUT2D eigenvalue weighted by atomic mass is 10.1. The van der Waals surface area contributed by atoms with E-state index >= 15 is 0 Å². The van der Waals surface area contributed by atoms with Crippen LogP contribution in [0.1, 0.15) is 44.8 Å². The van der Waals surface area contributed by atoms with E-state index in [2.05, 4.69) is 18.7 Å². The fraction of sp³-hybridized carbons (Fsp3) is 0.600. The molecule has 0 heterocycles. The van der Waals surface area contributed by atoms with E-state index in [0.29, 0.717) is 10.0 Å². The zero-order valence-corrected chi connectivity index (χ0v) is 13.2. The predicted molar refractivity (Wildman–Crippen MR) is 83.1 cm³/mol. The van der Waals surface area contributed by atoms with Crippen molar-refractivity contribution in [3.8, 4) is 0 Å². The van der Waals surface area contributed by atoms with Crippen LogP contribution < -0.4 is 0 Å². The van der Waals surface area contributed by atoms with Gasteiger partial charge in [-0.05, 0) is 43.6 Å². The van der Waals surface area contributed by atoms with E-state index in [1.807, 2.05) is 6.07 Å². The molecule has 0 radical (unpaired) electrons. The average molecular weight is 304 g/mol. The maximum atomic E-state index is 10.2. The number of nitrogens with zero attached hydrogens (tertiary/aromatic N) is 1. The van der Waals surface area contributed by atoms with Crippen LogP contribution in [0.25, 0.3) is 0 Å². The van der Waals surface area contributed by atoms with Gasteiger partial charge in [-0.15, -0.1) is 0 Å². The van der Waals surface area contributed by atoms with Crippen molar-refractivity contribution in [1.82, 2.24) is 4.90 Å². The van der Waals surface area contributed by atoms with Crippen LogP contribution >= 0.6 is 23.2 Å². The van der Waals surface area contributed by atoms with Gasteiger partial charge in [0.2, 0.25) is 0 Å². The lowest BCUT2D eigenvalue weighted by molar-refractivity contribution is 0.143. The molecule has 0 spiro atoms. The van der Waals surface area contributed by atoms with Crippen LogP contribution in [0.15, 0.2) is 18.2 Å². The Morgan fingerprint density at radius 2 is 1.89 bits per heavy atom. The smallest absolute Gasteiger partial charge is 0.0802 e. The van der Waals surface area contributed by atoms with Crippen LogP contribution in [0.2, 0.25) is 10.0 Å². The monoisotopic (exact) mass is 303 g/mol. The third kappa shape index (κ3) is 5.70. The molecule has 4 heteroatoms. The van der Waals surface area contributed by atoms with E-state index in [0.717, 1.165) is 31.6 Å². The standard InChI is InChI=1S/C15H23Cl2NO/c1-3-5-9-18(4-2)10-8-15(19)12-6-7-13(16)14(17)11-12/h6-7,11,15,19H,3-5,8-10H2,1-2H3. The van der Waals surface area contributed by atoms with E-state index < -0.39 is 6.10 Å². The van der Waals surface area contributed by atoms with Gasteiger partial charge in [-0.1, -0.05) is 49.5 Å². The Morgan fingerprint density at radius 1 is 1.16 bits per heavy atom. The van der Waals surface area contributed by atoms with Crippen molar-refractivity contribution in [2.24, 2.45) is 0 Å². The second-order valence-electron chi connectivity index (χ2n) is 4.77. The number of aliphatic hydroxyl groups is 1. The maximum absolute atomic E-state index is 10.2. The van der Waals surface area contributed by atoms with Crippen molar-refractivity contribution in [2.75, 3.05) is 19.6 Å². The van der Waals surface area contributed by atoms with E-state index in [1.165, 1.54) is 12.8 Å². The molecule has 0 saturated carbocycles. The first-order chi connectivity index (χ1) is 9.08. The molecule has 1 aromatic rings. The largest absolute Gasteiger partial charge is 0.388 e. The molecule has 0 saturated heterocycles. The van der Waals surface area contributed by atoms with Crippen LogP contribution in [0, 0.1) is 0 Å². The van der Waals surface area contributed by atoms with Gasteiger partial charge in [0.25, 0.3) is 0 Å². The number of hydrogen-bond acceptors (Lipinski definition) is 2. The molecule has 2 nitrogen and oxygen atoms in total. The summed E-state index contributed by atoms with van der Waals surface area (Å²) in [6.07, 6.45) is 2.64. The van der Waals surface area contributed by atoms with Gasteiger partial charge in [0, 0.05) is 6.54 Å². The highest BCUT2D eigenvalue weighted by molar-refractivity contribution is 6.42. The fourth-order valence-electron chi connectivity index (χ4n) is 2.00. The van der Waals surface area contributed by atoms with Gasteiger partial charge < -0.3 is 10.0 Å². The molecule has 0 aliphatic rings. The molecule has 0 aliphatic carbocycles. The van der Waals surface area contributed by atoms with Crippen molar-refractivity contribution < 1.29 is 5.11 Å². The Hall–Kier alpha value is -0.280. The molecular weight excluding hydrogens is 281 g/mol. The van der Waals surface area contributed by atoms with Gasteiger partial charge in [-0.2, -0.15) is 0 Å². The molecule has 0 fully saturated rings. The summed E-state index contributed by atoms with van der Waals surface area (Å²) in [6, 6.07) is 5.31. The van der Waals surface area contributed by atoms with Crippen molar-refractivity contribution >= 4 is 23.2 Å².